The van der Waals surface area contributed by atoms with E-state index in [1.54, 1.807) is 0 Å². The van der Waals surface area contributed by atoms with E-state index in [9.17, 15) is 13.2 Å². The molecule has 1 aromatic carbocycles. The van der Waals surface area contributed by atoms with Crippen molar-refractivity contribution in [2.24, 2.45) is 5.41 Å². The van der Waals surface area contributed by atoms with Gasteiger partial charge in [0.15, 0.2) is 0 Å². The first-order valence-electron chi connectivity index (χ1n) is 7.08. The third-order valence-electron chi connectivity index (χ3n) is 3.86. The maximum absolute atomic E-state index is 11.9. The molecule has 0 spiro atoms. The van der Waals surface area contributed by atoms with E-state index < -0.39 is 9.84 Å². The summed E-state index contributed by atoms with van der Waals surface area (Å²) in [5.74, 6) is 0.101. The van der Waals surface area contributed by atoms with E-state index in [4.69, 9.17) is 5.73 Å². The number of carbonyl (C=O) groups excluding carboxylic acids is 1. The number of sulfone groups is 1. The molecule has 0 heterocycles. The fourth-order valence-corrected chi connectivity index (χ4v) is 3.99. The Morgan fingerprint density at radius 3 is 2.57 bits per heavy atom. The molecule has 1 aromatic rings. The second-order valence-corrected chi connectivity index (χ2v) is 8.19. The van der Waals surface area contributed by atoms with Crippen molar-refractivity contribution in [2.75, 3.05) is 24.3 Å². The minimum Gasteiger partial charge on any atom is -0.399 e. The molecule has 0 aliphatic heterocycles. The molecule has 2 rings (SSSR count). The summed E-state index contributed by atoms with van der Waals surface area (Å²) in [5.41, 5.74) is 7.26. The van der Waals surface area contributed by atoms with Crippen LogP contribution in [0.4, 0.5) is 5.69 Å². The Bertz CT molecular complexity index is 622. The molecule has 0 saturated heterocycles. The summed E-state index contributed by atoms with van der Waals surface area (Å²) in [4.78, 5) is 11.9. The predicted molar refractivity (Wildman–Crippen MR) is 83.6 cm³/mol. The van der Waals surface area contributed by atoms with Crippen LogP contribution in [0.5, 0.6) is 0 Å². The van der Waals surface area contributed by atoms with Gasteiger partial charge in [-0.25, -0.2) is 8.42 Å². The van der Waals surface area contributed by atoms with Crippen molar-refractivity contribution in [3.05, 3.63) is 29.8 Å². The molecule has 0 bridgehead atoms. The number of carbonyl (C=O) groups is 1. The van der Waals surface area contributed by atoms with Crippen LogP contribution in [-0.4, -0.2) is 32.9 Å². The molecule has 0 radical (unpaired) electrons. The molecule has 5 nitrogen and oxygen atoms in total. The number of hydrogen-bond acceptors (Lipinski definition) is 4. The number of nitrogens with one attached hydrogen (secondary N) is 1. The number of rotatable bonds is 7. The molecule has 0 unspecified atom stereocenters. The highest BCUT2D eigenvalue weighted by molar-refractivity contribution is 7.90. The standard InChI is InChI=1S/C15H22N2O3S/c1-21(19,20)11-15(8-9-15)10-17-14(18)7-6-12-4-2-3-5-13(12)16/h2-5H,6-11,16H2,1H3,(H,17,18). The Kier molecular flexibility index (Phi) is 4.56. The smallest absolute Gasteiger partial charge is 0.220 e. The lowest BCUT2D eigenvalue weighted by Gasteiger charge is -2.15. The number of aryl methyl sites for hydroxylation is 1. The number of hydrogen-bond donors (Lipinski definition) is 2. The van der Waals surface area contributed by atoms with Gasteiger partial charge in [-0.05, 0) is 30.9 Å². The lowest BCUT2D eigenvalue weighted by molar-refractivity contribution is -0.121. The van der Waals surface area contributed by atoms with Gasteiger partial charge in [0, 0.05) is 30.3 Å². The summed E-state index contributed by atoms with van der Waals surface area (Å²) in [7, 11) is -3.00. The van der Waals surface area contributed by atoms with Gasteiger partial charge in [0.2, 0.25) is 5.91 Å². The van der Waals surface area contributed by atoms with E-state index >= 15 is 0 Å². The molecule has 1 aliphatic rings. The van der Waals surface area contributed by atoms with Crippen molar-refractivity contribution < 1.29 is 13.2 Å². The monoisotopic (exact) mass is 310 g/mol. The molecule has 116 valence electrons. The third kappa shape index (κ3) is 5.04. The van der Waals surface area contributed by atoms with E-state index in [0.717, 1.165) is 18.4 Å². The molecule has 1 amide bonds. The van der Waals surface area contributed by atoms with Crippen LogP contribution in [-0.2, 0) is 21.1 Å². The van der Waals surface area contributed by atoms with Crippen LogP contribution < -0.4 is 11.1 Å². The predicted octanol–water partition coefficient (Wildman–Crippen LogP) is 1.14. The van der Waals surface area contributed by atoms with Gasteiger partial charge in [-0.3, -0.25) is 4.79 Å². The second-order valence-electron chi connectivity index (χ2n) is 6.05. The summed E-state index contributed by atoms with van der Waals surface area (Å²) in [6, 6.07) is 7.49. The first-order valence-corrected chi connectivity index (χ1v) is 9.14. The van der Waals surface area contributed by atoms with Crippen molar-refractivity contribution in [2.45, 2.75) is 25.7 Å². The highest BCUT2D eigenvalue weighted by Gasteiger charge is 2.45. The van der Waals surface area contributed by atoms with Gasteiger partial charge in [-0.1, -0.05) is 18.2 Å². The highest BCUT2D eigenvalue weighted by Crippen LogP contribution is 2.46. The summed E-state index contributed by atoms with van der Waals surface area (Å²) >= 11 is 0. The molecule has 21 heavy (non-hydrogen) atoms. The first kappa shape index (κ1) is 15.8. The van der Waals surface area contributed by atoms with Crippen LogP contribution >= 0.6 is 0 Å². The minimum atomic E-state index is -3.00. The van der Waals surface area contributed by atoms with Crippen LogP contribution in [0.1, 0.15) is 24.8 Å². The van der Waals surface area contributed by atoms with Crippen LogP contribution in [0, 0.1) is 5.41 Å². The van der Waals surface area contributed by atoms with E-state index in [2.05, 4.69) is 5.32 Å². The zero-order chi connectivity index (χ0) is 15.5. The molecular formula is C15H22N2O3S. The van der Waals surface area contributed by atoms with Crippen LogP contribution in [0.25, 0.3) is 0 Å². The minimum absolute atomic E-state index is 0.0574. The molecule has 0 aromatic heterocycles. The number of amides is 1. The average Bonchev–Trinajstić information content (AvgIpc) is 3.13. The maximum Gasteiger partial charge on any atom is 0.220 e. The molecule has 1 saturated carbocycles. The van der Waals surface area contributed by atoms with E-state index in [-0.39, 0.29) is 17.1 Å². The summed E-state index contributed by atoms with van der Waals surface area (Å²) < 4.78 is 22.7. The number of nitrogen functional groups attached to an aromatic ring is 1. The Hall–Kier alpha value is -1.56. The zero-order valence-electron chi connectivity index (χ0n) is 12.3. The lowest BCUT2D eigenvalue weighted by Crippen LogP contribution is -2.33. The lowest BCUT2D eigenvalue weighted by atomic mass is 10.1. The Morgan fingerprint density at radius 1 is 1.33 bits per heavy atom. The van der Waals surface area contributed by atoms with Gasteiger partial charge < -0.3 is 11.1 Å². The highest BCUT2D eigenvalue weighted by atomic mass is 32.2. The number of anilines is 1. The van der Waals surface area contributed by atoms with Crippen LogP contribution in [0.3, 0.4) is 0 Å². The fraction of sp³-hybridized carbons (Fsp3) is 0.533. The number of benzene rings is 1. The van der Waals surface area contributed by atoms with Crippen molar-refractivity contribution in [1.29, 1.82) is 0 Å². The van der Waals surface area contributed by atoms with Gasteiger partial charge in [-0.2, -0.15) is 0 Å². The normalized spacial score (nSPS) is 16.4. The van der Waals surface area contributed by atoms with Crippen molar-refractivity contribution in [3.8, 4) is 0 Å². The largest absolute Gasteiger partial charge is 0.399 e. The van der Waals surface area contributed by atoms with Gasteiger partial charge >= 0.3 is 0 Å². The van der Waals surface area contributed by atoms with E-state index in [1.165, 1.54) is 6.26 Å². The molecule has 0 atom stereocenters. The van der Waals surface area contributed by atoms with Crippen molar-refractivity contribution >= 4 is 21.4 Å². The Balaban J connectivity index is 1.77. The van der Waals surface area contributed by atoms with Gasteiger partial charge in [0.25, 0.3) is 0 Å². The maximum atomic E-state index is 11.9. The SMILES string of the molecule is CS(=O)(=O)CC1(CNC(=O)CCc2ccccc2N)CC1. The Morgan fingerprint density at radius 2 is 2.00 bits per heavy atom. The van der Waals surface area contributed by atoms with Gasteiger partial charge in [-0.15, -0.1) is 0 Å². The fourth-order valence-electron chi connectivity index (χ4n) is 2.49. The van der Waals surface area contributed by atoms with E-state index in [1.807, 2.05) is 24.3 Å². The van der Waals surface area contributed by atoms with E-state index in [0.29, 0.717) is 25.1 Å². The summed E-state index contributed by atoms with van der Waals surface area (Å²) in [5, 5.41) is 2.85. The summed E-state index contributed by atoms with van der Waals surface area (Å²) in [6.45, 7) is 0.448. The average molecular weight is 310 g/mol. The van der Waals surface area contributed by atoms with Crippen molar-refractivity contribution in [3.63, 3.8) is 0 Å². The molecule has 1 fully saturated rings. The number of nitrogens with two attached hydrogens (primary N) is 1. The second kappa shape index (κ2) is 6.05. The topological polar surface area (TPSA) is 89.3 Å². The Labute approximate surface area is 125 Å². The van der Waals surface area contributed by atoms with Crippen LogP contribution in [0.2, 0.25) is 0 Å². The molecule has 3 N–H and O–H groups in total. The summed E-state index contributed by atoms with van der Waals surface area (Å²) in [6.07, 6.45) is 3.94. The third-order valence-corrected chi connectivity index (χ3v) is 5.00. The van der Waals surface area contributed by atoms with Gasteiger partial charge in [0.05, 0.1) is 5.75 Å². The number of para-hydroxylation sites is 1. The van der Waals surface area contributed by atoms with Crippen LogP contribution in [0.15, 0.2) is 24.3 Å². The molecule has 6 heteroatoms. The van der Waals surface area contributed by atoms with Crippen molar-refractivity contribution in [1.82, 2.24) is 5.32 Å². The van der Waals surface area contributed by atoms with Gasteiger partial charge in [0.1, 0.15) is 9.84 Å². The first-order chi connectivity index (χ1) is 9.80. The zero-order valence-corrected chi connectivity index (χ0v) is 13.1. The molecule has 1 aliphatic carbocycles. The molecular weight excluding hydrogens is 288 g/mol. The quantitative estimate of drug-likeness (QED) is 0.739.